The zero-order chi connectivity index (χ0) is 26.5. The highest BCUT2D eigenvalue weighted by Crippen LogP contribution is 2.54. The standard InChI is InChI=1S/C35H37N3O/c1-37(2)34(30-11-7-4-8-12-30)16-18-35(19-17-34)33-22-28-14-13-27(21-32(28)31(33)15-20-39-35)29-23-36-38(25-29)24-26-9-5-3-6-10-26/h3-14,21,23,25H,15-20,22,24H2,1-2H3. The lowest BCUT2D eigenvalue weighted by atomic mass is 9.66. The van der Waals surface area contributed by atoms with E-state index in [2.05, 4.69) is 109 Å². The summed E-state index contributed by atoms with van der Waals surface area (Å²) >= 11 is 0. The molecule has 0 unspecified atom stereocenters. The number of ether oxygens (including phenoxy) is 1. The molecule has 1 saturated carbocycles. The van der Waals surface area contributed by atoms with E-state index in [9.17, 15) is 0 Å². The number of nitrogens with zero attached hydrogens (tertiary/aromatic N) is 3. The Balaban J connectivity index is 1.16. The highest BCUT2D eigenvalue weighted by atomic mass is 16.5. The van der Waals surface area contributed by atoms with Gasteiger partial charge in [-0.15, -0.1) is 0 Å². The van der Waals surface area contributed by atoms with Crippen molar-refractivity contribution < 1.29 is 4.74 Å². The maximum atomic E-state index is 6.75. The van der Waals surface area contributed by atoms with Gasteiger partial charge in [-0.25, -0.2) is 0 Å². The Morgan fingerprint density at radius 1 is 0.872 bits per heavy atom. The SMILES string of the molecule is CN(C)C1(c2ccccc2)CCC2(CC1)OCCC1=C2Cc2ccc(-c3cnn(Cc4ccccc4)c3)cc21. The van der Waals surface area contributed by atoms with Crippen LogP contribution in [0.5, 0.6) is 0 Å². The average Bonchev–Trinajstić information content (AvgIpc) is 3.60. The topological polar surface area (TPSA) is 30.3 Å². The fraction of sp³-hybridized carbons (Fsp3) is 0.343. The van der Waals surface area contributed by atoms with Crippen molar-refractivity contribution in [2.75, 3.05) is 20.7 Å². The van der Waals surface area contributed by atoms with Crippen LogP contribution in [0.2, 0.25) is 0 Å². The molecule has 1 spiro atoms. The summed E-state index contributed by atoms with van der Waals surface area (Å²) in [5.41, 5.74) is 11.1. The molecule has 198 valence electrons. The van der Waals surface area contributed by atoms with Gasteiger partial charge in [0.15, 0.2) is 0 Å². The molecular weight excluding hydrogens is 478 g/mol. The van der Waals surface area contributed by atoms with Crippen LogP contribution in [0.3, 0.4) is 0 Å². The van der Waals surface area contributed by atoms with E-state index in [4.69, 9.17) is 4.74 Å². The normalized spacial score (nSPS) is 24.3. The molecule has 4 heteroatoms. The van der Waals surface area contributed by atoms with Gasteiger partial charge in [0, 0.05) is 17.3 Å². The van der Waals surface area contributed by atoms with E-state index in [0.29, 0.717) is 0 Å². The molecule has 3 aromatic carbocycles. The second kappa shape index (κ2) is 9.62. The van der Waals surface area contributed by atoms with Crippen LogP contribution in [0.4, 0.5) is 0 Å². The van der Waals surface area contributed by atoms with E-state index < -0.39 is 0 Å². The van der Waals surface area contributed by atoms with Gasteiger partial charge in [-0.3, -0.25) is 9.58 Å². The first-order valence-corrected chi connectivity index (χ1v) is 14.4. The van der Waals surface area contributed by atoms with Gasteiger partial charge in [-0.2, -0.15) is 5.10 Å². The van der Waals surface area contributed by atoms with E-state index in [1.165, 1.54) is 33.4 Å². The summed E-state index contributed by atoms with van der Waals surface area (Å²) in [7, 11) is 4.48. The van der Waals surface area contributed by atoms with Crippen molar-refractivity contribution >= 4 is 5.57 Å². The maximum Gasteiger partial charge on any atom is 0.0902 e. The van der Waals surface area contributed by atoms with Gasteiger partial charge >= 0.3 is 0 Å². The molecule has 0 radical (unpaired) electrons. The molecule has 0 saturated heterocycles. The number of aromatic nitrogens is 2. The molecule has 1 aromatic heterocycles. The predicted octanol–water partition coefficient (Wildman–Crippen LogP) is 7.10. The van der Waals surface area contributed by atoms with E-state index in [1.54, 1.807) is 11.1 Å². The molecule has 7 rings (SSSR count). The Labute approximate surface area is 231 Å². The fourth-order valence-corrected chi connectivity index (χ4v) is 7.43. The van der Waals surface area contributed by atoms with E-state index in [0.717, 1.165) is 51.7 Å². The van der Waals surface area contributed by atoms with Crippen LogP contribution in [-0.4, -0.2) is 41.0 Å². The summed E-state index contributed by atoms with van der Waals surface area (Å²) in [5, 5.41) is 4.66. The van der Waals surface area contributed by atoms with Crippen LogP contribution in [0, 0.1) is 0 Å². The number of fused-ring (bicyclic) bond motifs is 3. The van der Waals surface area contributed by atoms with Crippen LogP contribution in [0.15, 0.2) is 96.8 Å². The molecule has 3 aliphatic rings. The minimum absolute atomic E-state index is 0.0760. The van der Waals surface area contributed by atoms with Crippen LogP contribution in [0.25, 0.3) is 16.7 Å². The third kappa shape index (κ3) is 4.18. The first-order chi connectivity index (χ1) is 19.1. The van der Waals surface area contributed by atoms with Crippen LogP contribution in [0.1, 0.15) is 54.4 Å². The van der Waals surface area contributed by atoms with E-state index in [-0.39, 0.29) is 11.1 Å². The van der Waals surface area contributed by atoms with Crippen LogP contribution in [-0.2, 0) is 23.2 Å². The quantitative estimate of drug-likeness (QED) is 0.284. The summed E-state index contributed by atoms with van der Waals surface area (Å²) in [4.78, 5) is 2.45. The van der Waals surface area contributed by atoms with Gasteiger partial charge in [-0.05, 0) is 97.7 Å². The van der Waals surface area contributed by atoms with Crippen molar-refractivity contribution in [1.82, 2.24) is 14.7 Å². The van der Waals surface area contributed by atoms with Crippen molar-refractivity contribution in [3.05, 3.63) is 119 Å². The Kier molecular flexibility index (Phi) is 6.06. The highest BCUT2D eigenvalue weighted by molar-refractivity contribution is 5.82. The number of benzene rings is 3. The van der Waals surface area contributed by atoms with Gasteiger partial charge in [0.1, 0.15) is 0 Å². The zero-order valence-electron chi connectivity index (χ0n) is 23.1. The van der Waals surface area contributed by atoms with E-state index in [1.807, 2.05) is 10.9 Å². The number of hydrogen-bond acceptors (Lipinski definition) is 3. The van der Waals surface area contributed by atoms with Crippen molar-refractivity contribution in [3.63, 3.8) is 0 Å². The minimum Gasteiger partial charge on any atom is -0.370 e. The first kappa shape index (κ1) is 24.6. The molecule has 2 heterocycles. The van der Waals surface area contributed by atoms with Gasteiger partial charge < -0.3 is 4.74 Å². The van der Waals surface area contributed by atoms with Crippen molar-refractivity contribution in [1.29, 1.82) is 0 Å². The van der Waals surface area contributed by atoms with Crippen molar-refractivity contribution in [3.8, 4) is 11.1 Å². The zero-order valence-corrected chi connectivity index (χ0v) is 23.1. The van der Waals surface area contributed by atoms with Gasteiger partial charge in [-0.1, -0.05) is 72.8 Å². The monoisotopic (exact) mass is 515 g/mol. The fourth-order valence-electron chi connectivity index (χ4n) is 7.43. The number of hydrogen-bond donors (Lipinski definition) is 0. The Morgan fingerprint density at radius 2 is 1.62 bits per heavy atom. The lowest BCUT2D eigenvalue weighted by molar-refractivity contribution is -0.0782. The van der Waals surface area contributed by atoms with Crippen molar-refractivity contribution in [2.24, 2.45) is 0 Å². The third-order valence-corrected chi connectivity index (χ3v) is 9.65. The summed E-state index contributed by atoms with van der Waals surface area (Å²) in [6, 6.07) is 28.7. The molecular formula is C35H37N3O. The molecule has 1 fully saturated rings. The molecule has 2 aliphatic carbocycles. The first-order valence-electron chi connectivity index (χ1n) is 14.4. The second-order valence-electron chi connectivity index (χ2n) is 11.8. The van der Waals surface area contributed by atoms with Gasteiger partial charge in [0.25, 0.3) is 0 Å². The molecule has 1 aliphatic heterocycles. The molecule has 0 atom stereocenters. The Morgan fingerprint density at radius 3 is 2.36 bits per heavy atom. The molecule has 0 bridgehead atoms. The second-order valence-corrected chi connectivity index (χ2v) is 11.8. The predicted molar refractivity (Wildman–Crippen MR) is 157 cm³/mol. The molecule has 4 aromatic rings. The molecule has 0 N–H and O–H groups in total. The Hall–Kier alpha value is -3.47. The van der Waals surface area contributed by atoms with E-state index >= 15 is 0 Å². The molecule has 4 nitrogen and oxygen atoms in total. The summed E-state index contributed by atoms with van der Waals surface area (Å²) in [6.45, 7) is 1.61. The third-order valence-electron chi connectivity index (χ3n) is 9.65. The lowest BCUT2D eigenvalue weighted by Crippen LogP contribution is -2.51. The highest BCUT2D eigenvalue weighted by Gasteiger charge is 2.50. The molecule has 39 heavy (non-hydrogen) atoms. The summed E-state index contributed by atoms with van der Waals surface area (Å²) in [5.74, 6) is 0. The smallest absolute Gasteiger partial charge is 0.0902 e. The Bertz CT molecular complexity index is 1510. The van der Waals surface area contributed by atoms with Crippen molar-refractivity contribution in [2.45, 2.75) is 56.2 Å². The number of rotatable bonds is 5. The minimum atomic E-state index is -0.123. The lowest BCUT2D eigenvalue weighted by Gasteiger charge is -2.51. The van der Waals surface area contributed by atoms with Crippen LogP contribution < -0.4 is 0 Å². The summed E-state index contributed by atoms with van der Waals surface area (Å²) in [6.07, 6.45) is 10.6. The summed E-state index contributed by atoms with van der Waals surface area (Å²) < 4.78 is 8.79. The largest absolute Gasteiger partial charge is 0.370 e. The van der Waals surface area contributed by atoms with Crippen LogP contribution >= 0.6 is 0 Å². The average molecular weight is 516 g/mol. The molecule has 0 amide bonds. The van der Waals surface area contributed by atoms with Gasteiger partial charge in [0.05, 0.1) is 24.9 Å². The van der Waals surface area contributed by atoms with Gasteiger partial charge in [0.2, 0.25) is 0 Å². The maximum absolute atomic E-state index is 6.75.